The first-order valence-corrected chi connectivity index (χ1v) is 6.51. The van der Waals surface area contributed by atoms with Gasteiger partial charge in [0, 0.05) is 5.56 Å². The molecule has 2 rings (SSSR count). The second-order valence-electron chi connectivity index (χ2n) is 4.72. The van der Waals surface area contributed by atoms with Crippen molar-refractivity contribution in [2.75, 3.05) is 0 Å². The molecule has 20 heavy (non-hydrogen) atoms. The van der Waals surface area contributed by atoms with Crippen molar-refractivity contribution in [3.63, 3.8) is 0 Å². The third kappa shape index (κ3) is 4.26. The first kappa shape index (κ1) is 13.8. The zero-order valence-electron chi connectivity index (χ0n) is 11.7. The lowest BCUT2D eigenvalue weighted by atomic mass is 10.1. The summed E-state index contributed by atoms with van der Waals surface area (Å²) >= 11 is 0. The van der Waals surface area contributed by atoms with Crippen LogP contribution in [-0.2, 0) is 4.79 Å². The average Bonchev–Trinajstić information content (AvgIpc) is 2.46. The van der Waals surface area contributed by atoms with Crippen molar-refractivity contribution in [3.8, 4) is 11.8 Å². The molecule has 0 spiro atoms. The topological polar surface area (TPSA) is 17.1 Å². The van der Waals surface area contributed by atoms with Crippen LogP contribution < -0.4 is 0 Å². The molecule has 98 valence electrons. The van der Waals surface area contributed by atoms with E-state index in [4.69, 9.17) is 0 Å². The molecule has 2 aromatic rings. The summed E-state index contributed by atoms with van der Waals surface area (Å²) in [6, 6.07) is 15.8. The third-order valence-corrected chi connectivity index (χ3v) is 2.89. The minimum Gasteiger partial charge on any atom is -0.280 e. The molecule has 0 aliphatic heterocycles. The van der Waals surface area contributed by atoms with Crippen LogP contribution in [0, 0.1) is 25.7 Å². The molecule has 0 aromatic heterocycles. The smallest absolute Gasteiger partial charge is 0.229 e. The Labute approximate surface area is 120 Å². The van der Waals surface area contributed by atoms with E-state index in [1.54, 1.807) is 6.08 Å². The molecule has 0 aliphatic carbocycles. The van der Waals surface area contributed by atoms with Crippen LogP contribution in [0.4, 0.5) is 0 Å². The predicted molar refractivity (Wildman–Crippen MR) is 83.3 cm³/mol. The maximum atomic E-state index is 11.7. The molecule has 0 atom stereocenters. The first-order valence-electron chi connectivity index (χ1n) is 6.51. The summed E-state index contributed by atoms with van der Waals surface area (Å²) in [4.78, 5) is 11.7. The zero-order chi connectivity index (χ0) is 14.4. The monoisotopic (exact) mass is 260 g/mol. The molecule has 0 saturated heterocycles. The minimum atomic E-state index is -0.189. The number of hydrogen-bond donors (Lipinski definition) is 0. The quantitative estimate of drug-likeness (QED) is 0.590. The van der Waals surface area contributed by atoms with E-state index in [0.717, 1.165) is 11.1 Å². The summed E-state index contributed by atoms with van der Waals surface area (Å²) in [5.41, 5.74) is 4.24. The van der Waals surface area contributed by atoms with Crippen LogP contribution >= 0.6 is 0 Å². The summed E-state index contributed by atoms with van der Waals surface area (Å²) in [5.74, 6) is 5.30. The van der Waals surface area contributed by atoms with Crippen LogP contribution in [-0.4, -0.2) is 5.78 Å². The zero-order valence-corrected chi connectivity index (χ0v) is 11.7. The first-order chi connectivity index (χ1) is 9.63. The molecule has 0 unspecified atom stereocenters. The third-order valence-electron chi connectivity index (χ3n) is 2.89. The van der Waals surface area contributed by atoms with Crippen molar-refractivity contribution in [1.29, 1.82) is 0 Å². The standard InChI is InChI=1S/C19H16O/c1-15-3-7-17(8-4-15)11-13-19(20)14-12-18-9-5-16(2)6-10-18/h3-11,13H,1-2H3/b13-11+. The molecule has 0 aliphatic rings. The average molecular weight is 260 g/mol. The molecule has 0 N–H and O–H groups in total. The summed E-state index contributed by atoms with van der Waals surface area (Å²) in [6.45, 7) is 4.05. The SMILES string of the molecule is Cc1ccc(C#CC(=O)/C=C/c2ccc(C)cc2)cc1. The highest BCUT2D eigenvalue weighted by Crippen LogP contribution is 2.05. The Morgan fingerprint density at radius 1 is 0.900 bits per heavy atom. The van der Waals surface area contributed by atoms with Gasteiger partial charge in [0.05, 0.1) is 0 Å². The molecule has 0 saturated carbocycles. The number of benzene rings is 2. The maximum absolute atomic E-state index is 11.7. The van der Waals surface area contributed by atoms with Crippen molar-refractivity contribution in [3.05, 3.63) is 76.9 Å². The predicted octanol–water partition coefficient (Wildman–Crippen LogP) is 3.94. The maximum Gasteiger partial charge on any atom is 0.229 e. The van der Waals surface area contributed by atoms with Crippen LogP contribution in [0.2, 0.25) is 0 Å². The Bertz CT molecular complexity index is 677. The number of ketones is 1. The number of rotatable bonds is 2. The highest BCUT2D eigenvalue weighted by Gasteiger charge is 1.91. The van der Waals surface area contributed by atoms with Gasteiger partial charge in [-0.3, -0.25) is 4.79 Å². The summed E-state index contributed by atoms with van der Waals surface area (Å²) in [5, 5.41) is 0. The molecule has 0 bridgehead atoms. The second kappa shape index (κ2) is 6.54. The molecule has 0 amide bonds. The van der Waals surface area contributed by atoms with Crippen molar-refractivity contribution in [2.45, 2.75) is 13.8 Å². The number of aryl methyl sites for hydroxylation is 2. The van der Waals surface area contributed by atoms with Gasteiger partial charge in [0.25, 0.3) is 0 Å². The van der Waals surface area contributed by atoms with Gasteiger partial charge in [-0.2, -0.15) is 0 Å². The molecule has 0 radical (unpaired) electrons. The van der Waals surface area contributed by atoms with E-state index in [1.165, 1.54) is 17.2 Å². The number of carbonyl (C=O) groups is 1. The largest absolute Gasteiger partial charge is 0.280 e. The van der Waals surface area contributed by atoms with Gasteiger partial charge >= 0.3 is 0 Å². The minimum absolute atomic E-state index is 0.189. The lowest BCUT2D eigenvalue weighted by Gasteiger charge is -1.93. The van der Waals surface area contributed by atoms with Gasteiger partial charge in [-0.05, 0) is 43.5 Å². The van der Waals surface area contributed by atoms with E-state index in [2.05, 4.69) is 11.8 Å². The Morgan fingerprint density at radius 3 is 2.05 bits per heavy atom. The van der Waals surface area contributed by atoms with Gasteiger partial charge < -0.3 is 0 Å². The van der Waals surface area contributed by atoms with Crippen LogP contribution in [0.1, 0.15) is 22.3 Å². The van der Waals surface area contributed by atoms with Gasteiger partial charge in [-0.15, -0.1) is 0 Å². The number of hydrogen-bond acceptors (Lipinski definition) is 1. The summed E-state index contributed by atoms with van der Waals surface area (Å²) < 4.78 is 0. The molecule has 2 aromatic carbocycles. The number of allylic oxidation sites excluding steroid dienone is 1. The van der Waals surface area contributed by atoms with E-state index in [-0.39, 0.29) is 5.78 Å². The Balaban J connectivity index is 2.02. The highest BCUT2D eigenvalue weighted by molar-refractivity contribution is 6.06. The molecule has 0 fully saturated rings. The summed E-state index contributed by atoms with van der Waals surface area (Å²) in [7, 11) is 0. The molecule has 1 nitrogen and oxygen atoms in total. The fraction of sp³-hybridized carbons (Fsp3) is 0.105. The van der Waals surface area contributed by atoms with Gasteiger partial charge in [-0.25, -0.2) is 0 Å². The van der Waals surface area contributed by atoms with E-state index in [0.29, 0.717) is 0 Å². The highest BCUT2D eigenvalue weighted by atomic mass is 16.1. The molecular weight excluding hydrogens is 244 g/mol. The van der Waals surface area contributed by atoms with Gasteiger partial charge in [0.1, 0.15) is 0 Å². The Kier molecular flexibility index (Phi) is 4.52. The van der Waals surface area contributed by atoms with Crippen molar-refractivity contribution >= 4 is 11.9 Å². The van der Waals surface area contributed by atoms with E-state index >= 15 is 0 Å². The van der Waals surface area contributed by atoms with Gasteiger partial charge in [0.15, 0.2) is 0 Å². The van der Waals surface area contributed by atoms with Crippen molar-refractivity contribution < 1.29 is 4.79 Å². The lowest BCUT2D eigenvalue weighted by Crippen LogP contribution is -1.86. The van der Waals surface area contributed by atoms with Gasteiger partial charge in [-0.1, -0.05) is 59.5 Å². The normalized spacial score (nSPS) is 10.1. The van der Waals surface area contributed by atoms with Crippen LogP contribution in [0.15, 0.2) is 54.6 Å². The van der Waals surface area contributed by atoms with Crippen LogP contribution in [0.3, 0.4) is 0 Å². The fourth-order valence-electron chi connectivity index (χ4n) is 1.66. The molecule has 1 heteroatoms. The summed E-state index contributed by atoms with van der Waals surface area (Å²) in [6.07, 6.45) is 3.29. The number of carbonyl (C=O) groups excluding carboxylic acids is 1. The Hall–Kier alpha value is -2.59. The molecule has 0 heterocycles. The van der Waals surface area contributed by atoms with Crippen molar-refractivity contribution in [2.24, 2.45) is 0 Å². The van der Waals surface area contributed by atoms with E-state index in [9.17, 15) is 4.79 Å². The van der Waals surface area contributed by atoms with Gasteiger partial charge in [0.2, 0.25) is 5.78 Å². The second-order valence-corrected chi connectivity index (χ2v) is 4.72. The van der Waals surface area contributed by atoms with Crippen LogP contribution in [0.5, 0.6) is 0 Å². The fourth-order valence-corrected chi connectivity index (χ4v) is 1.66. The van der Waals surface area contributed by atoms with E-state index in [1.807, 2.05) is 62.4 Å². The van der Waals surface area contributed by atoms with Crippen LogP contribution in [0.25, 0.3) is 6.08 Å². The van der Waals surface area contributed by atoms with Crippen molar-refractivity contribution in [1.82, 2.24) is 0 Å². The lowest BCUT2D eigenvalue weighted by molar-refractivity contribution is -0.109. The Morgan fingerprint density at radius 2 is 1.45 bits per heavy atom. The van der Waals surface area contributed by atoms with E-state index < -0.39 is 0 Å². The molecular formula is C19H16O.